The number of hydrogen-bond acceptors (Lipinski definition) is 5. The van der Waals surface area contributed by atoms with Crippen LogP contribution in [0.3, 0.4) is 0 Å². The Bertz CT molecular complexity index is 622. The zero-order valence-corrected chi connectivity index (χ0v) is 13.8. The van der Waals surface area contributed by atoms with Crippen LogP contribution >= 0.6 is 11.6 Å². The maximum absolute atomic E-state index is 6.07. The lowest BCUT2D eigenvalue weighted by molar-refractivity contribution is 0.164. The van der Waals surface area contributed by atoms with E-state index in [0.29, 0.717) is 5.89 Å². The summed E-state index contributed by atoms with van der Waals surface area (Å²) in [5.41, 5.74) is 1.19. The van der Waals surface area contributed by atoms with Gasteiger partial charge in [0.1, 0.15) is 0 Å². The zero-order valence-electron chi connectivity index (χ0n) is 13.0. The highest BCUT2D eigenvalue weighted by Gasteiger charge is 2.25. The quantitative estimate of drug-likeness (QED) is 0.866. The Hall–Kier alpha value is -1.59. The van der Waals surface area contributed by atoms with E-state index in [4.69, 9.17) is 16.1 Å². The van der Waals surface area contributed by atoms with Crippen LogP contribution in [0, 0.1) is 0 Å². The van der Waals surface area contributed by atoms with Crippen molar-refractivity contribution >= 4 is 17.3 Å². The van der Waals surface area contributed by atoms with Crippen LogP contribution in [0.1, 0.15) is 31.6 Å². The van der Waals surface area contributed by atoms with Crippen molar-refractivity contribution in [3.05, 3.63) is 41.0 Å². The largest absolute Gasteiger partial charge is 0.369 e. The minimum atomic E-state index is 0.161. The summed E-state index contributed by atoms with van der Waals surface area (Å²) in [6, 6.07) is 8.19. The lowest BCUT2D eigenvalue weighted by atomic mass is 10.2. The van der Waals surface area contributed by atoms with Crippen LogP contribution in [0.15, 0.2) is 28.8 Å². The molecule has 1 aliphatic heterocycles. The first kappa shape index (κ1) is 15.3. The predicted molar refractivity (Wildman–Crippen MR) is 87.3 cm³/mol. The number of halogens is 1. The number of anilines is 1. The first-order valence-electron chi connectivity index (χ1n) is 7.74. The molecule has 0 aliphatic carbocycles. The van der Waals surface area contributed by atoms with Crippen molar-refractivity contribution in [1.29, 1.82) is 0 Å². The summed E-state index contributed by atoms with van der Waals surface area (Å²) in [7, 11) is 0. The summed E-state index contributed by atoms with van der Waals surface area (Å²) in [6.07, 6.45) is 0.804. The Kier molecular flexibility index (Phi) is 4.64. The molecule has 1 aromatic heterocycles. The highest BCUT2D eigenvalue weighted by Crippen LogP contribution is 2.24. The number of benzene rings is 1. The molecule has 1 aromatic carbocycles. The molecular formula is C16H21ClN4O. The third kappa shape index (κ3) is 3.25. The van der Waals surface area contributed by atoms with Gasteiger partial charge in [0.15, 0.2) is 5.82 Å². The van der Waals surface area contributed by atoms with E-state index in [2.05, 4.69) is 32.9 Å². The van der Waals surface area contributed by atoms with E-state index in [0.717, 1.165) is 43.4 Å². The first-order chi connectivity index (χ1) is 10.7. The molecule has 2 aromatic rings. The number of nitrogens with zero attached hydrogens (tertiary/aromatic N) is 4. The predicted octanol–water partition coefficient (Wildman–Crippen LogP) is 3.17. The fraction of sp³-hybridized carbons (Fsp3) is 0.500. The monoisotopic (exact) mass is 320 g/mol. The van der Waals surface area contributed by atoms with Gasteiger partial charge in [0.2, 0.25) is 5.89 Å². The maximum Gasteiger partial charge on any atom is 0.243 e. The molecule has 1 fully saturated rings. The number of piperazine rings is 1. The average molecular weight is 321 g/mol. The van der Waals surface area contributed by atoms with Gasteiger partial charge in [0, 0.05) is 43.3 Å². The summed E-state index contributed by atoms with van der Waals surface area (Å²) >= 11 is 6.07. The van der Waals surface area contributed by atoms with Crippen LogP contribution in [0.5, 0.6) is 0 Å². The molecule has 22 heavy (non-hydrogen) atoms. The van der Waals surface area contributed by atoms with Crippen molar-refractivity contribution in [2.75, 3.05) is 31.1 Å². The Balaban J connectivity index is 1.61. The molecule has 118 valence electrons. The Morgan fingerprint density at radius 2 is 2.05 bits per heavy atom. The molecular weight excluding hydrogens is 300 g/mol. The lowest BCUT2D eigenvalue weighted by Gasteiger charge is -2.38. The smallest absolute Gasteiger partial charge is 0.243 e. The normalized spacial score (nSPS) is 17.7. The third-order valence-corrected chi connectivity index (χ3v) is 4.43. The fourth-order valence-electron chi connectivity index (χ4n) is 2.78. The highest BCUT2D eigenvalue weighted by molar-refractivity contribution is 6.30. The second-order valence-corrected chi connectivity index (χ2v) is 6.02. The van der Waals surface area contributed by atoms with Crippen LogP contribution in [0.4, 0.5) is 5.69 Å². The van der Waals surface area contributed by atoms with Crippen molar-refractivity contribution in [2.45, 2.75) is 26.3 Å². The minimum absolute atomic E-state index is 0.161. The molecule has 0 saturated carbocycles. The standard InChI is InChI=1S/C16H21ClN4O/c1-3-15-18-16(22-19-15)12(2)20-7-9-21(10-8-20)14-6-4-5-13(17)11-14/h4-6,11-12H,3,7-10H2,1-2H3/t12-/m0/s1. The van der Waals surface area contributed by atoms with Crippen molar-refractivity contribution in [1.82, 2.24) is 15.0 Å². The number of hydrogen-bond donors (Lipinski definition) is 0. The van der Waals surface area contributed by atoms with Crippen LogP contribution in [0.25, 0.3) is 0 Å². The summed E-state index contributed by atoms with van der Waals surface area (Å²) in [5.74, 6) is 1.49. The average Bonchev–Trinajstić information content (AvgIpc) is 3.03. The van der Waals surface area contributed by atoms with Gasteiger partial charge in [-0.3, -0.25) is 4.90 Å². The first-order valence-corrected chi connectivity index (χ1v) is 8.12. The van der Waals surface area contributed by atoms with E-state index in [9.17, 15) is 0 Å². The summed E-state index contributed by atoms with van der Waals surface area (Å²) in [4.78, 5) is 9.19. The number of aryl methyl sites for hydroxylation is 1. The topological polar surface area (TPSA) is 45.4 Å². The molecule has 6 heteroatoms. The fourth-order valence-corrected chi connectivity index (χ4v) is 2.96. The molecule has 2 heterocycles. The number of aromatic nitrogens is 2. The molecule has 0 unspecified atom stereocenters. The molecule has 0 radical (unpaired) electrons. The van der Waals surface area contributed by atoms with Gasteiger partial charge in [-0.25, -0.2) is 0 Å². The van der Waals surface area contributed by atoms with Gasteiger partial charge in [-0.2, -0.15) is 4.98 Å². The van der Waals surface area contributed by atoms with Crippen molar-refractivity contribution in [3.63, 3.8) is 0 Å². The van der Waals surface area contributed by atoms with E-state index >= 15 is 0 Å². The molecule has 5 nitrogen and oxygen atoms in total. The van der Waals surface area contributed by atoms with Crippen molar-refractivity contribution in [2.24, 2.45) is 0 Å². The van der Waals surface area contributed by atoms with Crippen LogP contribution in [0.2, 0.25) is 5.02 Å². The van der Waals surface area contributed by atoms with Gasteiger partial charge in [0.25, 0.3) is 0 Å². The van der Waals surface area contributed by atoms with E-state index in [1.807, 2.05) is 25.1 Å². The number of rotatable bonds is 4. The molecule has 0 bridgehead atoms. The second-order valence-electron chi connectivity index (χ2n) is 5.58. The van der Waals surface area contributed by atoms with Gasteiger partial charge < -0.3 is 9.42 Å². The lowest BCUT2D eigenvalue weighted by Crippen LogP contribution is -2.47. The minimum Gasteiger partial charge on any atom is -0.369 e. The molecule has 1 aliphatic rings. The van der Waals surface area contributed by atoms with Crippen LogP contribution < -0.4 is 4.90 Å². The molecule has 3 rings (SSSR count). The van der Waals surface area contributed by atoms with E-state index in [1.165, 1.54) is 5.69 Å². The van der Waals surface area contributed by atoms with Gasteiger partial charge in [0.05, 0.1) is 6.04 Å². The van der Waals surface area contributed by atoms with E-state index in [1.54, 1.807) is 0 Å². The molecule has 0 spiro atoms. The molecule has 0 amide bonds. The highest BCUT2D eigenvalue weighted by atomic mass is 35.5. The van der Waals surface area contributed by atoms with E-state index < -0.39 is 0 Å². The second kappa shape index (κ2) is 6.67. The summed E-state index contributed by atoms with van der Waals surface area (Å²) < 4.78 is 5.36. The SMILES string of the molecule is CCc1noc([C@H](C)N2CCN(c3cccc(Cl)c3)CC2)n1. The molecule has 1 saturated heterocycles. The van der Waals surface area contributed by atoms with E-state index in [-0.39, 0.29) is 6.04 Å². The van der Waals surface area contributed by atoms with Gasteiger partial charge in [-0.05, 0) is 25.1 Å². The maximum atomic E-state index is 6.07. The molecule has 1 atom stereocenters. The third-order valence-electron chi connectivity index (χ3n) is 4.19. The van der Waals surface area contributed by atoms with Crippen molar-refractivity contribution in [3.8, 4) is 0 Å². The van der Waals surface area contributed by atoms with Gasteiger partial charge >= 0.3 is 0 Å². The Labute approximate surface area is 135 Å². The Morgan fingerprint density at radius 1 is 1.27 bits per heavy atom. The van der Waals surface area contributed by atoms with Crippen LogP contribution in [-0.4, -0.2) is 41.2 Å². The summed E-state index contributed by atoms with van der Waals surface area (Å²) in [5, 5.41) is 4.77. The molecule has 0 N–H and O–H groups in total. The zero-order chi connectivity index (χ0) is 15.5. The summed E-state index contributed by atoms with van der Waals surface area (Å²) in [6.45, 7) is 8.04. The Morgan fingerprint density at radius 3 is 2.68 bits per heavy atom. The van der Waals surface area contributed by atoms with Crippen molar-refractivity contribution < 1.29 is 4.52 Å². The van der Waals surface area contributed by atoms with Gasteiger partial charge in [-0.15, -0.1) is 0 Å². The van der Waals surface area contributed by atoms with Gasteiger partial charge in [-0.1, -0.05) is 29.7 Å². The van der Waals surface area contributed by atoms with Crippen LogP contribution in [-0.2, 0) is 6.42 Å².